The van der Waals surface area contributed by atoms with Crippen molar-refractivity contribution < 1.29 is 9.59 Å². The number of nitrogens with zero attached hydrogens (tertiary/aromatic N) is 2. The number of hydrogen-bond donors (Lipinski definition) is 1. The van der Waals surface area contributed by atoms with Gasteiger partial charge in [0.2, 0.25) is 5.91 Å². The van der Waals surface area contributed by atoms with E-state index in [1.54, 1.807) is 28.0 Å². The molecule has 2 amide bonds. The third-order valence-corrected chi connectivity index (χ3v) is 4.91. The minimum Gasteiger partial charge on any atom is -0.385 e. The molecule has 0 aliphatic carbocycles. The molecule has 0 spiro atoms. The van der Waals surface area contributed by atoms with Crippen LogP contribution in [0.3, 0.4) is 0 Å². The van der Waals surface area contributed by atoms with E-state index >= 15 is 0 Å². The van der Waals surface area contributed by atoms with Gasteiger partial charge in [-0.2, -0.15) is 0 Å². The molecule has 1 N–H and O–H groups in total. The molecule has 1 heterocycles. The highest BCUT2D eigenvalue weighted by atomic mass is 35.5. The molecule has 2 aromatic carbocycles. The van der Waals surface area contributed by atoms with Crippen LogP contribution in [0, 0.1) is 0 Å². The number of halogens is 2. The number of carbonyl (C=O) groups is 2. The van der Waals surface area contributed by atoms with Crippen LogP contribution in [0.2, 0.25) is 10.0 Å². The van der Waals surface area contributed by atoms with Crippen LogP contribution in [0.4, 0.5) is 5.69 Å². The highest BCUT2D eigenvalue weighted by molar-refractivity contribution is 6.35. The maximum Gasteiger partial charge on any atom is 0.254 e. The molecular weight excluding hydrogens is 385 g/mol. The summed E-state index contributed by atoms with van der Waals surface area (Å²) >= 11 is 12.0. The van der Waals surface area contributed by atoms with E-state index in [4.69, 9.17) is 23.2 Å². The Kier molecular flexibility index (Phi) is 6.58. The minimum atomic E-state index is -0.114. The van der Waals surface area contributed by atoms with Crippen LogP contribution in [0.15, 0.2) is 48.5 Å². The Morgan fingerprint density at radius 3 is 2.11 bits per heavy atom. The first-order valence-electron chi connectivity index (χ1n) is 8.85. The number of hydrogen-bond acceptors (Lipinski definition) is 3. The second kappa shape index (κ2) is 9.11. The Labute approximate surface area is 168 Å². The Bertz CT molecular complexity index is 786. The van der Waals surface area contributed by atoms with E-state index in [0.717, 1.165) is 5.69 Å². The van der Waals surface area contributed by atoms with Gasteiger partial charge in [-0.25, -0.2) is 0 Å². The van der Waals surface area contributed by atoms with Crippen molar-refractivity contribution in [2.24, 2.45) is 0 Å². The highest BCUT2D eigenvalue weighted by Gasteiger charge is 2.25. The van der Waals surface area contributed by atoms with Crippen molar-refractivity contribution in [1.82, 2.24) is 9.80 Å². The lowest BCUT2D eigenvalue weighted by atomic mass is 10.1. The Morgan fingerprint density at radius 1 is 0.889 bits per heavy atom. The summed E-state index contributed by atoms with van der Waals surface area (Å²) in [6.07, 6.45) is 0.423. The summed E-state index contributed by atoms with van der Waals surface area (Å²) in [6.45, 7) is 2.65. The van der Waals surface area contributed by atoms with Crippen molar-refractivity contribution in [3.05, 3.63) is 64.1 Å². The summed E-state index contributed by atoms with van der Waals surface area (Å²) in [5, 5.41) is 4.11. The van der Waals surface area contributed by atoms with Gasteiger partial charge in [-0.3, -0.25) is 9.59 Å². The predicted molar refractivity (Wildman–Crippen MR) is 108 cm³/mol. The zero-order valence-electron chi connectivity index (χ0n) is 14.8. The second-order valence-electron chi connectivity index (χ2n) is 6.37. The Morgan fingerprint density at radius 2 is 1.48 bits per heavy atom. The van der Waals surface area contributed by atoms with Gasteiger partial charge in [0.25, 0.3) is 5.91 Å². The number of carbonyl (C=O) groups excluding carboxylic acids is 2. The molecule has 142 valence electrons. The fourth-order valence-corrected chi connectivity index (χ4v) is 3.57. The average Bonchev–Trinajstić information content (AvgIpc) is 2.67. The number of para-hydroxylation sites is 1. The fourth-order valence-electron chi connectivity index (χ4n) is 3.05. The summed E-state index contributed by atoms with van der Waals surface area (Å²) in [4.78, 5) is 28.5. The molecule has 1 fully saturated rings. The lowest BCUT2D eigenvalue weighted by Gasteiger charge is -2.35. The van der Waals surface area contributed by atoms with Gasteiger partial charge in [0, 0.05) is 60.4 Å². The summed E-state index contributed by atoms with van der Waals surface area (Å²) in [5.41, 5.74) is 1.47. The highest BCUT2D eigenvalue weighted by Crippen LogP contribution is 2.20. The van der Waals surface area contributed by atoms with Crippen LogP contribution in [-0.2, 0) is 4.79 Å². The topological polar surface area (TPSA) is 52.7 Å². The number of benzene rings is 2. The van der Waals surface area contributed by atoms with E-state index in [1.807, 2.05) is 30.3 Å². The van der Waals surface area contributed by atoms with Gasteiger partial charge in [0.05, 0.1) is 0 Å². The maximum absolute atomic E-state index is 12.6. The number of piperazine rings is 1. The summed E-state index contributed by atoms with van der Waals surface area (Å²) in [7, 11) is 0. The van der Waals surface area contributed by atoms with E-state index in [9.17, 15) is 9.59 Å². The first kappa shape index (κ1) is 19.5. The van der Waals surface area contributed by atoms with E-state index in [2.05, 4.69) is 5.32 Å². The van der Waals surface area contributed by atoms with E-state index in [-0.39, 0.29) is 11.8 Å². The molecule has 0 atom stereocenters. The molecule has 0 unspecified atom stereocenters. The van der Waals surface area contributed by atoms with Crippen molar-refractivity contribution in [2.45, 2.75) is 6.42 Å². The number of anilines is 1. The molecule has 7 heteroatoms. The first-order chi connectivity index (χ1) is 13.0. The lowest BCUT2D eigenvalue weighted by Crippen LogP contribution is -2.50. The zero-order valence-corrected chi connectivity index (χ0v) is 16.3. The quantitative estimate of drug-likeness (QED) is 0.823. The van der Waals surface area contributed by atoms with Gasteiger partial charge < -0.3 is 15.1 Å². The molecular formula is C20H21Cl2N3O2. The van der Waals surface area contributed by atoms with Crippen LogP contribution in [0.25, 0.3) is 0 Å². The largest absolute Gasteiger partial charge is 0.385 e. The van der Waals surface area contributed by atoms with Gasteiger partial charge in [0.15, 0.2) is 0 Å². The number of nitrogens with one attached hydrogen (secondary N) is 1. The van der Waals surface area contributed by atoms with Gasteiger partial charge >= 0.3 is 0 Å². The molecule has 0 radical (unpaired) electrons. The van der Waals surface area contributed by atoms with Gasteiger partial charge in [-0.15, -0.1) is 0 Å². The lowest BCUT2D eigenvalue weighted by molar-refractivity contribution is -0.132. The SMILES string of the molecule is O=C(CCNc1ccccc1)N1CCN(C(=O)c2cc(Cl)cc(Cl)c2)CC1. The summed E-state index contributed by atoms with van der Waals surface area (Å²) in [5.74, 6) is -0.0198. The van der Waals surface area contributed by atoms with E-state index in [0.29, 0.717) is 54.8 Å². The molecule has 5 nitrogen and oxygen atoms in total. The third-order valence-electron chi connectivity index (χ3n) is 4.47. The van der Waals surface area contributed by atoms with Crippen LogP contribution < -0.4 is 5.32 Å². The summed E-state index contributed by atoms with van der Waals surface area (Å²) in [6, 6.07) is 14.6. The van der Waals surface area contributed by atoms with Crippen molar-refractivity contribution in [3.63, 3.8) is 0 Å². The standard InChI is InChI=1S/C20H21Cl2N3O2/c21-16-12-15(13-17(22)14-16)20(27)25-10-8-24(9-11-25)19(26)6-7-23-18-4-2-1-3-5-18/h1-5,12-14,23H,6-11H2. The average molecular weight is 406 g/mol. The van der Waals surface area contributed by atoms with Crippen LogP contribution in [0.1, 0.15) is 16.8 Å². The molecule has 0 saturated carbocycles. The van der Waals surface area contributed by atoms with E-state index < -0.39 is 0 Å². The molecule has 27 heavy (non-hydrogen) atoms. The monoisotopic (exact) mass is 405 g/mol. The van der Waals surface area contributed by atoms with Crippen LogP contribution >= 0.6 is 23.2 Å². The Balaban J connectivity index is 1.46. The van der Waals surface area contributed by atoms with Crippen molar-refractivity contribution >= 4 is 40.7 Å². The first-order valence-corrected chi connectivity index (χ1v) is 9.60. The zero-order chi connectivity index (χ0) is 19.2. The third kappa shape index (κ3) is 5.37. The van der Waals surface area contributed by atoms with Gasteiger partial charge in [-0.05, 0) is 30.3 Å². The van der Waals surface area contributed by atoms with Crippen molar-refractivity contribution in [3.8, 4) is 0 Å². The molecule has 0 bridgehead atoms. The van der Waals surface area contributed by atoms with Crippen LogP contribution in [0.5, 0.6) is 0 Å². The molecule has 2 aromatic rings. The maximum atomic E-state index is 12.6. The van der Waals surface area contributed by atoms with Gasteiger partial charge in [-0.1, -0.05) is 41.4 Å². The second-order valence-corrected chi connectivity index (χ2v) is 7.25. The van der Waals surface area contributed by atoms with Crippen molar-refractivity contribution in [2.75, 3.05) is 38.0 Å². The van der Waals surface area contributed by atoms with E-state index in [1.165, 1.54) is 0 Å². The molecule has 3 rings (SSSR count). The summed E-state index contributed by atoms with van der Waals surface area (Å²) < 4.78 is 0. The predicted octanol–water partition coefficient (Wildman–Crippen LogP) is 3.78. The van der Waals surface area contributed by atoms with Gasteiger partial charge in [0.1, 0.15) is 0 Å². The smallest absolute Gasteiger partial charge is 0.254 e. The molecule has 1 aliphatic rings. The normalized spacial score (nSPS) is 14.1. The Hall–Kier alpha value is -2.24. The number of rotatable bonds is 5. The number of amides is 2. The minimum absolute atomic E-state index is 0.0938. The molecule has 0 aromatic heterocycles. The molecule has 1 aliphatic heterocycles. The van der Waals surface area contributed by atoms with Crippen molar-refractivity contribution in [1.29, 1.82) is 0 Å². The fraction of sp³-hybridized carbons (Fsp3) is 0.300. The molecule has 1 saturated heterocycles. The van der Waals surface area contributed by atoms with Crippen LogP contribution in [-0.4, -0.2) is 54.3 Å².